The Morgan fingerprint density at radius 3 is 2.24 bits per heavy atom. The van der Waals surface area contributed by atoms with E-state index in [-0.39, 0.29) is 5.91 Å². The van der Waals surface area contributed by atoms with Crippen molar-refractivity contribution < 1.29 is 14.4 Å². The van der Waals surface area contributed by atoms with E-state index in [0.717, 1.165) is 32.5 Å². The lowest BCUT2D eigenvalue weighted by Crippen LogP contribution is -2.41. The Labute approximate surface area is 174 Å². The van der Waals surface area contributed by atoms with E-state index >= 15 is 0 Å². The highest BCUT2D eigenvalue weighted by molar-refractivity contribution is 7.09. The molecular weight excluding hydrogens is 388 g/mol. The highest BCUT2D eigenvalue weighted by Crippen LogP contribution is 2.20. The summed E-state index contributed by atoms with van der Waals surface area (Å²) in [5, 5.41) is 10.1. The SMILES string of the molecule is CC(=O)Nc1ccc(NC(=O)C(=O)NCC2CCN(Cc3cccs3)CC2)cc1. The number of hydrogen-bond donors (Lipinski definition) is 3. The zero-order valence-corrected chi connectivity index (χ0v) is 17.3. The van der Waals surface area contributed by atoms with Gasteiger partial charge < -0.3 is 16.0 Å². The number of nitrogens with one attached hydrogen (secondary N) is 3. The first-order valence-electron chi connectivity index (χ1n) is 9.71. The fraction of sp³-hybridized carbons (Fsp3) is 0.381. The van der Waals surface area contributed by atoms with Crippen LogP contribution in [0.4, 0.5) is 11.4 Å². The van der Waals surface area contributed by atoms with E-state index in [1.54, 1.807) is 35.6 Å². The molecule has 8 heteroatoms. The molecule has 0 spiro atoms. The van der Waals surface area contributed by atoms with Gasteiger partial charge in [0.1, 0.15) is 0 Å². The zero-order valence-electron chi connectivity index (χ0n) is 16.4. The number of rotatable bonds is 6. The van der Waals surface area contributed by atoms with Crippen molar-refractivity contribution in [3.05, 3.63) is 46.7 Å². The number of carbonyl (C=O) groups excluding carboxylic acids is 3. The largest absolute Gasteiger partial charge is 0.348 e. The van der Waals surface area contributed by atoms with E-state index in [9.17, 15) is 14.4 Å². The van der Waals surface area contributed by atoms with Gasteiger partial charge in [-0.2, -0.15) is 0 Å². The molecule has 2 aromatic rings. The number of likely N-dealkylation sites (tertiary alicyclic amines) is 1. The maximum atomic E-state index is 12.1. The van der Waals surface area contributed by atoms with Crippen LogP contribution in [0.3, 0.4) is 0 Å². The minimum Gasteiger partial charge on any atom is -0.348 e. The Hall–Kier alpha value is -2.71. The second-order valence-electron chi connectivity index (χ2n) is 7.22. The van der Waals surface area contributed by atoms with Crippen molar-refractivity contribution in [2.45, 2.75) is 26.3 Å². The maximum absolute atomic E-state index is 12.1. The Kier molecular flexibility index (Phi) is 7.37. The molecule has 1 saturated heterocycles. The summed E-state index contributed by atoms with van der Waals surface area (Å²) in [4.78, 5) is 39.0. The van der Waals surface area contributed by atoms with E-state index < -0.39 is 11.8 Å². The van der Waals surface area contributed by atoms with Gasteiger partial charge in [0.2, 0.25) is 5.91 Å². The molecule has 29 heavy (non-hydrogen) atoms. The van der Waals surface area contributed by atoms with E-state index in [1.807, 2.05) is 0 Å². The fourth-order valence-corrected chi connectivity index (χ4v) is 4.06. The van der Waals surface area contributed by atoms with Gasteiger partial charge in [0.15, 0.2) is 0 Å². The molecule has 1 fully saturated rings. The molecule has 3 N–H and O–H groups in total. The zero-order chi connectivity index (χ0) is 20.6. The first kappa shape index (κ1) is 21.0. The van der Waals surface area contributed by atoms with Crippen LogP contribution in [0.25, 0.3) is 0 Å². The summed E-state index contributed by atoms with van der Waals surface area (Å²) in [5.74, 6) is -1.09. The molecule has 1 aliphatic rings. The smallest absolute Gasteiger partial charge is 0.313 e. The average Bonchev–Trinajstić information content (AvgIpc) is 3.21. The molecule has 0 saturated carbocycles. The number of hydrogen-bond acceptors (Lipinski definition) is 5. The number of thiophene rings is 1. The molecule has 3 rings (SSSR count). The minimum atomic E-state index is -0.688. The first-order chi connectivity index (χ1) is 14.0. The lowest BCUT2D eigenvalue weighted by Gasteiger charge is -2.31. The summed E-state index contributed by atoms with van der Waals surface area (Å²) in [6, 6.07) is 10.8. The third-order valence-electron chi connectivity index (χ3n) is 4.89. The van der Waals surface area contributed by atoms with Gasteiger partial charge in [-0.25, -0.2) is 0 Å². The van der Waals surface area contributed by atoms with E-state index in [2.05, 4.69) is 38.4 Å². The summed E-state index contributed by atoms with van der Waals surface area (Å²) in [5.41, 5.74) is 1.13. The van der Waals surface area contributed by atoms with Gasteiger partial charge >= 0.3 is 11.8 Å². The predicted octanol–water partition coefficient (Wildman–Crippen LogP) is 2.67. The van der Waals surface area contributed by atoms with Gasteiger partial charge in [-0.3, -0.25) is 19.3 Å². The van der Waals surface area contributed by atoms with Crippen molar-refractivity contribution in [1.82, 2.24) is 10.2 Å². The van der Waals surface area contributed by atoms with Crippen LogP contribution in [0.15, 0.2) is 41.8 Å². The Morgan fingerprint density at radius 1 is 1.00 bits per heavy atom. The summed E-state index contributed by atoms with van der Waals surface area (Å²) < 4.78 is 0. The molecule has 0 radical (unpaired) electrons. The average molecular weight is 415 g/mol. The molecule has 2 heterocycles. The van der Waals surface area contributed by atoms with Crippen LogP contribution in [0.2, 0.25) is 0 Å². The topological polar surface area (TPSA) is 90.5 Å². The molecule has 1 aromatic heterocycles. The van der Waals surface area contributed by atoms with Gasteiger partial charge in [-0.05, 0) is 67.6 Å². The number of benzene rings is 1. The second kappa shape index (κ2) is 10.2. The van der Waals surface area contributed by atoms with Crippen molar-refractivity contribution in [3.8, 4) is 0 Å². The van der Waals surface area contributed by atoms with Gasteiger partial charge in [0.25, 0.3) is 0 Å². The quantitative estimate of drug-likeness (QED) is 0.634. The molecular formula is C21H26N4O3S. The van der Waals surface area contributed by atoms with Crippen molar-refractivity contribution in [2.75, 3.05) is 30.3 Å². The maximum Gasteiger partial charge on any atom is 0.313 e. The Bertz CT molecular complexity index is 828. The summed E-state index contributed by atoms with van der Waals surface area (Å²) >= 11 is 1.78. The number of piperidine rings is 1. The number of nitrogens with zero attached hydrogens (tertiary/aromatic N) is 1. The Balaban J connectivity index is 1.37. The molecule has 0 unspecified atom stereocenters. The third-order valence-corrected chi connectivity index (χ3v) is 5.75. The minimum absolute atomic E-state index is 0.168. The highest BCUT2D eigenvalue weighted by atomic mass is 32.1. The molecule has 7 nitrogen and oxygen atoms in total. The third kappa shape index (κ3) is 6.69. The lowest BCUT2D eigenvalue weighted by atomic mass is 9.97. The molecule has 1 aromatic carbocycles. The van der Waals surface area contributed by atoms with Crippen LogP contribution in [-0.4, -0.2) is 42.3 Å². The van der Waals surface area contributed by atoms with E-state index in [0.29, 0.717) is 23.8 Å². The van der Waals surface area contributed by atoms with Crippen LogP contribution < -0.4 is 16.0 Å². The molecule has 0 aliphatic carbocycles. The highest BCUT2D eigenvalue weighted by Gasteiger charge is 2.21. The van der Waals surface area contributed by atoms with Gasteiger partial charge in [0.05, 0.1) is 0 Å². The molecule has 0 atom stereocenters. The van der Waals surface area contributed by atoms with Crippen LogP contribution in [0.1, 0.15) is 24.6 Å². The predicted molar refractivity (Wildman–Crippen MR) is 115 cm³/mol. The van der Waals surface area contributed by atoms with Gasteiger partial charge in [-0.15, -0.1) is 11.3 Å². The van der Waals surface area contributed by atoms with Crippen LogP contribution in [-0.2, 0) is 20.9 Å². The van der Waals surface area contributed by atoms with Crippen molar-refractivity contribution in [3.63, 3.8) is 0 Å². The van der Waals surface area contributed by atoms with E-state index in [4.69, 9.17) is 0 Å². The summed E-state index contributed by atoms with van der Waals surface area (Å²) in [7, 11) is 0. The number of amides is 3. The van der Waals surface area contributed by atoms with Crippen LogP contribution >= 0.6 is 11.3 Å². The van der Waals surface area contributed by atoms with Gasteiger partial charge in [0, 0.05) is 36.3 Å². The van der Waals surface area contributed by atoms with Crippen molar-refractivity contribution >= 4 is 40.4 Å². The standard InChI is InChI=1S/C21H26N4O3S/c1-15(26)23-17-4-6-18(7-5-17)24-21(28)20(27)22-13-16-8-10-25(11-9-16)14-19-3-2-12-29-19/h2-7,12,16H,8-11,13-14H2,1H3,(H,22,27)(H,23,26)(H,24,28). The summed E-state index contributed by atoms with van der Waals surface area (Å²) in [6.45, 7) is 4.94. The van der Waals surface area contributed by atoms with Crippen LogP contribution in [0.5, 0.6) is 0 Å². The van der Waals surface area contributed by atoms with Crippen LogP contribution in [0, 0.1) is 5.92 Å². The molecule has 154 valence electrons. The Morgan fingerprint density at radius 2 is 1.66 bits per heavy atom. The monoisotopic (exact) mass is 414 g/mol. The van der Waals surface area contributed by atoms with E-state index in [1.165, 1.54) is 11.8 Å². The van der Waals surface area contributed by atoms with Gasteiger partial charge in [-0.1, -0.05) is 6.07 Å². The molecule has 0 bridgehead atoms. The fourth-order valence-electron chi connectivity index (χ4n) is 3.32. The second-order valence-corrected chi connectivity index (χ2v) is 8.25. The summed E-state index contributed by atoms with van der Waals surface area (Å²) in [6.07, 6.45) is 2.02. The lowest BCUT2D eigenvalue weighted by molar-refractivity contribution is -0.136. The number of anilines is 2. The number of carbonyl (C=O) groups is 3. The first-order valence-corrected chi connectivity index (χ1v) is 10.6. The van der Waals surface area contributed by atoms with Crippen molar-refractivity contribution in [1.29, 1.82) is 0 Å². The normalized spacial score (nSPS) is 14.9. The molecule has 3 amide bonds. The van der Waals surface area contributed by atoms with Crippen molar-refractivity contribution in [2.24, 2.45) is 5.92 Å². The molecule has 1 aliphatic heterocycles.